The van der Waals surface area contributed by atoms with Crippen molar-refractivity contribution in [2.24, 2.45) is 0 Å². The molecule has 0 spiro atoms. The van der Waals surface area contributed by atoms with Gasteiger partial charge in [-0.05, 0) is 46.5 Å². The van der Waals surface area contributed by atoms with E-state index < -0.39 is 42.3 Å². The Bertz CT molecular complexity index is 3070. The van der Waals surface area contributed by atoms with Crippen molar-refractivity contribution >= 4 is 21.8 Å². The van der Waals surface area contributed by atoms with Crippen molar-refractivity contribution in [3.8, 4) is 62.1 Å². The van der Waals surface area contributed by atoms with Crippen LogP contribution in [0.15, 0.2) is 182 Å². The number of hydrogen-bond acceptors (Lipinski definition) is 3. The fourth-order valence-corrected chi connectivity index (χ4v) is 6.25. The SMILES string of the molecule is [2H]c1c([2H])c([2H])c(-c2cccc3c2c2c([2H])c([2H])c([2H])c([2H])c2n3-c2ccccc2-c2nc(-c3ccccc3)nc(-c3ccc(-c4ccccc4)cc3)n2)c([2H])c1[2H]. The summed E-state index contributed by atoms with van der Waals surface area (Å²) in [5, 5.41) is 0.440. The Morgan fingerprint density at radius 2 is 0.939 bits per heavy atom. The van der Waals surface area contributed by atoms with Crippen molar-refractivity contribution in [2.75, 3.05) is 0 Å². The fraction of sp³-hybridized carbons (Fsp3) is 0. The van der Waals surface area contributed by atoms with Gasteiger partial charge in [-0.1, -0.05) is 158 Å². The van der Waals surface area contributed by atoms with E-state index in [2.05, 4.69) is 0 Å². The molecule has 0 aliphatic carbocycles. The average Bonchev–Trinajstić information content (AvgIpc) is 3.63. The van der Waals surface area contributed by atoms with E-state index in [0.29, 0.717) is 39.6 Å². The molecule has 0 unspecified atom stereocenters. The molecule has 2 heterocycles. The highest BCUT2D eigenvalue weighted by molar-refractivity contribution is 6.16. The molecule has 4 heteroatoms. The summed E-state index contributed by atoms with van der Waals surface area (Å²) >= 11 is 0. The van der Waals surface area contributed by atoms with Crippen LogP contribution in [0, 0.1) is 0 Å². The molecule has 0 saturated heterocycles. The molecule has 0 amide bonds. The Kier molecular flexibility index (Phi) is 5.11. The molecule has 9 rings (SSSR count). The number of nitrogens with zero attached hydrogens (tertiary/aromatic N) is 4. The van der Waals surface area contributed by atoms with Crippen LogP contribution in [0.4, 0.5) is 0 Å². The Hall–Kier alpha value is -6.65. The number of benzene rings is 7. The highest BCUT2D eigenvalue weighted by atomic mass is 15.1. The van der Waals surface area contributed by atoms with Crippen LogP contribution in [0.5, 0.6) is 0 Å². The van der Waals surface area contributed by atoms with Gasteiger partial charge in [0.15, 0.2) is 17.5 Å². The molecule has 2 aromatic heterocycles. The quantitative estimate of drug-likeness (QED) is 0.183. The standard InChI is InChI=1S/C45H30N4/c1-4-15-31(16-5-1)32-27-29-35(30-28-32)44-46-43(34-19-8-3-9-20-34)47-45(48-44)38-22-11-13-25-40(38)49-39-24-12-10-21-37(39)42-36(23-14-26-41(42)49)33-17-6-2-7-18-33/h1-30H/i2D,6D,7D,10D,12D,17D,18D,21D,24D. The maximum Gasteiger partial charge on any atom is 0.166 e. The maximum absolute atomic E-state index is 9.24. The molecule has 0 radical (unpaired) electrons. The molecule has 49 heavy (non-hydrogen) atoms. The van der Waals surface area contributed by atoms with Gasteiger partial charge in [-0.15, -0.1) is 0 Å². The van der Waals surface area contributed by atoms with E-state index in [9.17, 15) is 1.37 Å². The molecule has 0 atom stereocenters. The normalized spacial score (nSPS) is 13.8. The Balaban J connectivity index is 1.34. The molecule has 0 saturated carbocycles. The number of para-hydroxylation sites is 2. The van der Waals surface area contributed by atoms with Crippen molar-refractivity contribution < 1.29 is 12.3 Å². The van der Waals surface area contributed by atoms with Gasteiger partial charge in [0.05, 0.1) is 29.1 Å². The smallest absolute Gasteiger partial charge is 0.166 e. The first-order valence-electron chi connectivity index (χ1n) is 20.2. The first-order valence-corrected chi connectivity index (χ1v) is 15.7. The van der Waals surface area contributed by atoms with Crippen molar-refractivity contribution in [3.05, 3.63) is 182 Å². The van der Waals surface area contributed by atoms with Crippen LogP contribution in [-0.2, 0) is 0 Å². The number of hydrogen-bond donors (Lipinski definition) is 0. The predicted molar refractivity (Wildman–Crippen MR) is 201 cm³/mol. The molecular formula is C45H30N4. The number of fused-ring (bicyclic) bond motifs is 3. The number of rotatable bonds is 6. The molecule has 0 bridgehead atoms. The predicted octanol–water partition coefficient (Wildman–Crippen LogP) is 11.3. The van der Waals surface area contributed by atoms with Gasteiger partial charge in [0.25, 0.3) is 0 Å². The van der Waals surface area contributed by atoms with Crippen LogP contribution >= 0.6 is 0 Å². The van der Waals surface area contributed by atoms with Gasteiger partial charge in [0.2, 0.25) is 0 Å². The number of aromatic nitrogens is 4. The molecule has 230 valence electrons. The van der Waals surface area contributed by atoms with E-state index in [1.807, 2.05) is 109 Å². The van der Waals surface area contributed by atoms with Crippen LogP contribution < -0.4 is 0 Å². The second kappa shape index (κ2) is 12.2. The van der Waals surface area contributed by atoms with Crippen molar-refractivity contribution in [1.82, 2.24) is 19.5 Å². The topological polar surface area (TPSA) is 43.6 Å². The lowest BCUT2D eigenvalue weighted by Gasteiger charge is -2.15. The lowest BCUT2D eigenvalue weighted by molar-refractivity contribution is 1.06. The van der Waals surface area contributed by atoms with Crippen LogP contribution in [0.25, 0.3) is 83.9 Å². The summed E-state index contributed by atoms with van der Waals surface area (Å²) < 4.78 is 80.2. The first-order chi connectivity index (χ1) is 28.0. The van der Waals surface area contributed by atoms with E-state index in [-0.39, 0.29) is 34.1 Å². The van der Waals surface area contributed by atoms with E-state index in [1.165, 1.54) is 0 Å². The van der Waals surface area contributed by atoms with Gasteiger partial charge in [-0.25, -0.2) is 15.0 Å². The molecule has 0 fully saturated rings. The summed E-state index contributed by atoms with van der Waals surface area (Å²) in [6.45, 7) is 0. The second-order valence-corrected chi connectivity index (χ2v) is 11.4. The Morgan fingerprint density at radius 3 is 1.69 bits per heavy atom. The molecule has 7 aromatic carbocycles. The molecular weight excluding hydrogens is 597 g/mol. The van der Waals surface area contributed by atoms with Crippen molar-refractivity contribution in [2.45, 2.75) is 0 Å². The van der Waals surface area contributed by atoms with E-state index in [4.69, 9.17) is 25.9 Å². The van der Waals surface area contributed by atoms with Gasteiger partial charge >= 0.3 is 0 Å². The maximum atomic E-state index is 9.24. The van der Waals surface area contributed by atoms with Gasteiger partial charge in [-0.2, -0.15) is 0 Å². The Labute approximate surface area is 297 Å². The summed E-state index contributed by atoms with van der Waals surface area (Å²) in [6, 6.07) is 35.9. The highest BCUT2D eigenvalue weighted by Crippen LogP contribution is 2.40. The monoisotopic (exact) mass is 635 g/mol. The Morgan fingerprint density at radius 1 is 0.388 bits per heavy atom. The second-order valence-electron chi connectivity index (χ2n) is 11.4. The third kappa shape index (κ3) is 5.16. The van der Waals surface area contributed by atoms with E-state index in [1.54, 1.807) is 22.8 Å². The zero-order chi connectivity index (χ0) is 40.4. The molecule has 0 aliphatic rings. The highest BCUT2D eigenvalue weighted by Gasteiger charge is 2.20. The summed E-state index contributed by atoms with van der Waals surface area (Å²) in [5.41, 5.74) is 5.36. The first kappa shape index (κ1) is 20.6. The summed E-state index contributed by atoms with van der Waals surface area (Å²) in [5.74, 6) is 1.16. The van der Waals surface area contributed by atoms with Gasteiger partial charge < -0.3 is 4.57 Å². The summed E-state index contributed by atoms with van der Waals surface area (Å²) in [7, 11) is 0. The lowest BCUT2D eigenvalue weighted by Crippen LogP contribution is -2.03. The minimum Gasteiger partial charge on any atom is -0.308 e. The largest absolute Gasteiger partial charge is 0.308 e. The molecule has 0 N–H and O–H groups in total. The van der Waals surface area contributed by atoms with Crippen LogP contribution in [0.1, 0.15) is 12.3 Å². The van der Waals surface area contributed by atoms with Crippen LogP contribution in [0.2, 0.25) is 0 Å². The third-order valence-electron chi connectivity index (χ3n) is 8.50. The van der Waals surface area contributed by atoms with E-state index in [0.717, 1.165) is 22.3 Å². The third-order valence-corrected chi connectivity index (χ3v) is 8.50. The summed E-state index contributed by atoms with van der Waals surface area (Å²) in [4.78, 5) is 14.9. The van der Waals surface area contributed by atoms with Crippen molar-refractivity contribution in [3.63, 3.8) is 0 Å². The van der Waals surface area contributed by atoms with Crippen molar-refractivity contribution in [1.29, 1.82) is 0 Å². The summed E-state index contributed by atoms with van der Waals surface area (Å²) in [6.07, 6.45) is 0. The average molecular weight is 636 g/mol. The molecule has 4 nitrogen and oxygen atoms in total. The minimum atomic E-state index is -0.539. The van der Waals surface area contributed by atoms with Gasteiger partial charge in [-0.3, -0.25) is 0 Å². The fourth-order valence-electron chi connectivity index (χ4n) is 6.25. The zero-order valence-electron chi connectivity index (χ0n) is 34.9. The van der Waals surface area contributed by atoms with Crippen LogP contribution in [-0.4, -0.2) is 19.5 Å². The van der Waals surface area contributed by atoms with Crippen LogP contribution in [0.3, 0.4) is 0 Å². The van der Waals surface area contributed by atoms with Gasteiger partial charge in [0.1, 0.15) is 0 Å². The van der Waals surface area contributed by atoms with Gasteiger partial charge in [0, 0.05) is 27.5 Å². The zero-order valence-corrected chi connectivity index (χ0v) is 25.9. The molecule has 9 aromatic rings. The molecule has 0 aliphatic heterocycles. The van der Waals surface area contributed by atoms with E-state index >= 15 is 0 Å². The lowest BCUT2D eigenvalue weighted by atomic mass is 9.99. The minimum absolute atomic E-state index is 0.0794.